The normalized spacial score (nSPS) is 14.4. The monoisotopic (exact) mass is 391 g/mol. The van der Waals surface area contributed by atoms with Crippen LogP contribution in [0.25, 0.3) is 6.08 Å². The Bertz CT molecular complexity index is 1040. The topological polar surface area (TPSA) is 113 Å². The fourth-order valence-corrected chi connectivity index (χ4v) is 3.22. The van der Waals surface area contributed by atoms with Gasteiger partial charge >= 0.3 is 5.97 Å². The number of hydrogen-bond donors (Lipinski definition) is 2. The molecule has 0 fully saturated rings. The third kappa shape index (κ3) is 4.57. The van der Waals surface area contributed by atoms with E-state index in [2.05, 4.69) is 4.99 Å². The highest BCUT2D eigenvalue weighted by atomic mass is 16.4. The molecule has 0 aliphatic carbocycles. The maximum atomic E-state index is 12.7. The molecule has 1 aliphatic heterocycles. The number of anilines is 1. The fourth-order valence-electron chi connectivity index (χ4n) is 3.22. The number of benzene rings is 2. The van der Waals surface area contributed by atoms with Gasteiger partial charge in [0.15, 0.2) is 0 Å². The average molecular weight is 391 g/mol. The number of carboxylic acid groups (broad SMARTS) is 1. The Kier molecular flexibility index (Phi) is 5.87. The van der Waals surface area contributed by atoms with Crippen molar-refractivity contribution in [2.75, 3.05) is 11.4 Å². The van der Waals surface area contributed by atoms with Crippen molar-refractivity contribution >= 4 is 35.4 Å². The van der Waals surface area contributed by atoms with Gasteiger partial charge in [0.2, 0.25) is 5.91 Å². The molecular weight excluding hydrogens is 370 g/mol. The summed E-state index contributed by atoms with van der Waals surface area (Å²) in [6.07, 6.45) is 3.96. The molecule has 3 N–H and O–H groups in total. The van der Waals surface area contributed by atoms with Crippen LogP contribution in [-0.2, 0) is 11.2 Å². The molecule has 0 bridgehead atoms. The molecule has 7 heteroatoms. The predicted molar refractivity (Wildman–Crippen MR) is 111 cm³/mol. The molecule has 0 radical (unpaired) electrons. The highest BCUT2D eigenvalue weighted by Crippen LogP contribution is 2.31. The minimum absolute atomic E-state index is 0.256. The van der Waals surface area contributed by atoms with Gasteiger partial charge in [0.1, 0.15) is 5.84 Å². The second-order valence-corrected chi connectivity index (χ2v) is 6.67. The Balaban J connectivity index is 1.92. The van der Waals surface area contributed by atoms with E-state index in [-0.39, 0.29) is 5.56 Å². The summed E-state index contributed by atoms with van der Waals surface area (Å²) in [5.74, 6) is -1.43. The molecule has 2 aromatic rings. The Morgan fingerprint density at radius 1 is 1.17 bits per heavy atom. The average Bonchev–Trinajstić information content (AvgIpc) is 3.03. The van der Waals surface area contributed by atoms with E-state index in [1.807, 2.05) is 30.0 Å². The Morgan fingerprint density at radius 3 is 2.62 bits per heavy atom. The van der Waals surface area contributed by atoms with Crippen LogP contribution in [0.5, 0.6) is 0 Å². The number of nitrogens with two attached hydrogens (primary N) is 1. The van der Waals surface area contributed by atoms with Crippen molar-refractivity contribution in [2.24, 2.45) is 10.7 Å². The van der Waals surface area contributed by atoms with Crippen molar-refractivity contribution in [2.45, 2.75) is 19.8 Å². The van der Waals surface area contributed by atoms with E-state index in [0.29, 0.717) is 24.4 Å². The van der Waals surface area contributed by atoms with E-state index in [1.165, 1.54) is 12.1 Å². The lowest BCUT2D eigenvalue weighted by atomic mass is 10.1. The lowest BCUT2D eigenvalue weighted by Gasteiger charge is -2.19. The molecule has 3 rings (SSSR count). The lowest BCUT2D eigenvalue weighted by molar-refractivity contribution is -0.131. The SMILES string of the molecule is CCCN1C(=NC(=O)c2cccc(C(N)=O)c2)Cc2ccc(/C=C/C(=O)O)cc21. The first-order valence-corrected chi connectivity index (χ1v) is 9.22. The van der Waals surface area contributed by atoms with Gasteiger partial charge in [-0.25, -0.2) is 4.79 Å². The number of aliphatic imine (C=N–C) groups is 1. The summed E-state index contributed by atoms with van der Waals surface area (Å²) in [6.45, 7) is 2.70. The second-order valence-electron chi connectivity index (χ2n) is 6.67. The molecule has 2 amide bonds. The number of aliphatic carboxylic acids is 1. The molecular formula is C22H21N3O4. The van der Waals surface area contributed by atoms with Crippen molar-refractivity contribution in [1.29, 1.82) is 0 Å². The number of primary amides is 1. The Morgan fingerprint density at radius 2 is 1.93 bits per heavy atom. The molecule has 7 nitrogen and oxygen atoms in total. The molecule has 0 atom stereocenters. The molecule has 29 heavy (non-hydrogen) atoms. The second kappa shape index (κ2) is 8.52. The van der Waals surface area contributed by atoms with Gasteiger partial charge in [0.25, 0.3) is 5.91 Å². The number of carboxylic acids is 1. The summed E-state index contributed by atoms with van der Waals surface area (Å²) >= 11 is 0. The quantitative estimate of drug-likeness (QED) is 0.735. The molecule has 1 aliphatic rings. The summed E-state index contributed by atoms with van der Waals surface area (Å²) in [6, 6.07) is 11.8. The van der Waals surface area contributed by atoms with Crippen LogP contribution in [0.15, 0.2) is 53.5 Å². The van der Waals surface area contributed by atoms with E-state index >= 15 is 0 Å². The number of carbonyl (C=O) groups excluding carboxylic acids is 2. The van der Waals surface area contributed by atoms with Crippen LogP contribution in [0.4, 0.5) is 5.69 Å². The standard InChI is InChI=1S/C22H21N3O4/c1-2-10-25-18-11-14(7-9-20(26)27)6-8-15(18)13-19(25)24-22(29)17-5-3-4-16(12-17)21(23)28/h3-9,11-12H,2,10,13H2,1H3,(H2,23,28)(H,26,27)/b9-7+,24-19?. The molecule has 2 aromatic carbocycles. The van der Waals surface area contributed by atoms with Crippen LogP contribution >= 0.6 is 0 Å². The van der Waals surface area contributed by atoms with E-state index in [9.17, 15) is 14.4 Å². The van der Waals surface area contributed by atoms with Crippen molar-refractivity contribution in [3.8, 4) is 0 Å². The maximum absolute atomic E-state index is 12.7. The smallest absolute Gasteiger partial charge is 0.328 e. The van der Waals surface area contributed by atoms with Crippen molar-refractivity contribution in [3.05, 3.63) is 70.8 Å². The van der Waals surface area contributed by atoms with Gasteiger partial charge in [-0.2, -0.15) is 4.99 Å². The highest BCUT2D eigenvalue weighted by molar-refractivity contribution is 6.13. The van der Waals surface area contributed by atoms with Gasteiger partial charge in [-0.05, 0) is 47.9 Å². The van der Waals surface area contributed by atoms with Gasteiger partial charge in [0.05, 0.1) is 0 Å². The van der Waals surface area contributed by atoms with Crippen LogP contribution in [0.2, 0.25) is 0 Å². The molecule has 0 saturated heterocycles. The Labute approximate surface area is 168 Å². The largest absolute Gasteiger partial charge is 0.478 e. The van der Waals surface area contributed by atoms with E-state index in [1.54, 1.807) is 18.2 Å². The predicted octanol–water partition coefficient (Wildman–Crippen LogP) is 2.89. The molecule has 148 valence electrons. The summed E-state index contributed by atoms with van der Waals surface area (Å²) in [5, 5.41) is 8.82. The van der Waals surface area contributed by atoms with E-state index in [0.717, 1.165) is 29.3 Å². The van der Waals surface area contributed by atoms with Gasteiger partial charge in [-0.1, -0.05) is 25.1 Å². The maximum Gasteiger partial charge on any atom is 0.328 e. The van der Waals surface area contributed by atoms with Crippen LogP contribution in [0.3, 0.4) is 0 Å². The van der Waals surface area contributed by atoms with Crippen LogP contribution in [-0.4, -0.2) is 35.3 Å². The zero-order valence-corrected chi connectivity index (χ0v) is 16.0. The van der Waals surface area contributed by atoms with Crippen molar-refractivity contribution in [3.63, 3.8) is 0 Å². The first kappa shape index (κ1) is 20.0. The van der Waals surface area contributed by atoms with Crippen LogP contribution < -0.4 is 10.6 Å². The number of carbonyl (C=O) groups is 3. The number of nitrogens with zero attached hydrogens (tertiary/aromatic N) is 2. The van der Waals surface area contributed by atoms with Crippen LogP contribution in [0.1, 0.15) is 45.2 Å². The van der Waals surface area contributed by atoms with Gasteiger partial charge in [-0.15, -0.1) is 0 Å². The van der Waals surface area contributed by atoms with E-state index in [4.69, 9.17) is 10.8 Å². The zero-order valence-electron chi connectivity index (χ0n) is 16.0. The van der Waals surface area contributed by atoms with Gasteiger partial charge in [-0.3, -0.25) is 9.59 Å². The minimum Gasteiger partial charge on any atom is -0.478 e. The number of amidine groups is 1. The number of hydrogen-bond acceptors (Lipinski definition) is 3. The molecule has 0 unspecified atom stereocenters. The molecule has 1 heterocycles. The summed E-state index contributed by atoms with van der Waals surface area (Å²) in [4.78, 5) is 41.1. The highest BCUT2D eigenvalue weighted by Gasteiger charge is 2.26. The molecule has 0 spiro atoms. The van der Waals surface area contributed by atoms with Crippen molar-refractivity contribution < 1.29 is 19.5 Å². The number of rotatable bonds is 6. The van der Waals surface area contributed by atoms with Crippen LogP contribution in [0, 0.1) is 0 Å². The fraction of sp³-hybridized carbons (Fsp3) is 0.182. The first-order valence-electron chi connectivity index (χ1n) is 9.22. The number of fused-ring (bicyclic) bond motifs is 1. The van der Waals surface area contributed by atoms with E-state index < -0.39 is 17.8 Å². The zero-order chi connectivity index (χ0) is 21.0. The minimum atomic E-state index is -1.01. The van der Waals surface area contributed by atoms with Crippen molar-refractivity contribution in [1.82, 2.24) is 0 Å². The third-order valence-electron chi connectivity index (χ3n) is 4.55. The summed E-state index contributed by atoms with van der Waals surface area (Å²) in [5.41, 5.74) is 8.53. The first-order chi connectivity index (χ1) is 13.9. The summed E-state index contributed by atoms with van der Waals surface area (Å²) < 4.78 is 0. The molecule has 0 aromatic heterocycles. The van der Waals surface area contributed by atoms with Gasteiger partial charge < -0.3 is 15.7 Å². The molecule has 0 saturated carbocycles. The third-order valence-corrected chi connectivity index (χ3v) is 4.55. The van der Waals surface area contributed by atoms with Gasteiger partial charge in [0, 0.05) is 35.9 Å². The summed E-state index contributed by atoms with van der Waals surface area (Å²) in [7, 11) is 0. The number of amides is 2. The Hall–Kier alpha value is -3.74. The lowest BCUT2D eigenvalue weighted by Crippen LogP contribution is -2.28.